The van der Waals surface area contributed by atoms with E-state index in [1.165, 1.54) is 44.3 Å². The van der Waals surface area contributed by atoms with E-state index in [1.54, 1.807) is 6.20 Å². The first-order chi connectivity index (χ1) is 22.8. The van der Waals surface area contributed by atoms with Crippen molar-refractivity contribution in [3.63, 3.8) is 0 Å². The predicted octanol–water partition coefficient (Wildman–Crippen LogP) is 11.1. The fourth-order valence-electron chi connectivity index (χ4n) is 6.17. The van der Waals surface area contributed by atoms with Crippen molar-refractivity contribution in [2.24, 2.45) is 0 Å². The molecule has 0 fully saturated rings. The molecule has 8 aromatic rings. The van der Waals surface area contributed by atoms with E-state index in [0.29, 0.717) is 0 Å². The molecule has 0 spiro atoms. The molecule has 0 aliphatic carbocycles. The van der Waals surface area contributed by atoms with E-state index >= 15 is 0 Å². The molecule has 0 aliphatic rings. The summed E-state index contributed by atoms with van der Waals surface area (Å²) in [5.41, 5.74) is 15.2. The molecule has 0 atom stereocenters. The number of pyridine rings is 3. The van der Waals surface area contributed by atoms with Gasteiger partial charge in [0, 0.05) is 61.2 Å². The Bertz CT molecular complexity index is 2410. The SMILES string of the molecule is Cc1c[c-]c(-c2cc(C)c(C)cn2)cc1.Cc1cc2ccncc2c(-c2ccc(C)c3c2oc2c(-c4ccccn4)[c-]ccc23)c1C.[Ir]. The van der Waals surface area contributed by atoms with Crippen molar-refractivity contribution in [1.29, 1.82) is 0 Å². The maximum atomic E-state index is 6.66. The van der Waals surface area contributed by atoms with E-state index in [0.717, 1.165) is 55.4 Å². The van der Waals surface area contributed by atoms with Gasteiger partial charge in [0.1, 0.15) is 5.58 Å². The molecule has 4 heterocycles. The van der Waals surface area contributed by atoms with Crippen LogP contribution in [0.4, 0.5) is 0 Å². The molecule has 8 rings (SSSR count). The molecule has 4 aromatic heterocycles. The maximum absolute atomic E-state index is 6.66. The van der Waals surface area contributed by atoms with Crippen LogP contribution in [-0.4, -0.2) is 15.0 Å². The van der Waals surface area contributed by atoms with Gasteiger partial charge in [-0.2, -0.15) is 0 Å². The zero-order valence-electron chi connectivity index (χ0n) is 27.9. The Morgan fingerprint density at radius 1 is 0.646 bits per heavy atom. The van der Waals surface area contributed by atoms with Crippen LogP contribution in [0, 0.1) is 53.7 Å². The van der Waals surface area contributed by atoms with E-state index in [2.05, 4.69) is 117 Å². The van der Waals surface area contributed by atoms with E-state index in [4.69, 9.17) is 4.42 Å². The molecule has 1 radical (unpaired) electrons. The first-order valence-electron chi connectivity index (χ1n) is 15.8. The number of rotatable bonds is 3. The Labute approximate surface area is 295 Å². The minimum absolute atomic E-state index is 0. The summed E-state index contributed by atoms with van der Waals surface area (Å²) in [5, 5.41) is 4.55. The van der Waals surface area contributed by atoms with Crippen molar-refractivity contribution < 1.29 is 24.5 Å². The van der Waals surface area contributed by atoms with Crippen molar-refractivity contribution in [3.8, 4) is 33.6 Å². The quantitative estimate of drug-likeness (QED) is 0.167. The third-order valence-electron chi connectivity index (χ3n) is 9.06. The first-order valence-corrected chi connectivity index (χ1v) is 15.8. The molecule has 239 valence electrons. The molecule has 5 heteroatoms. The molecule has 0 saturated carbocycles. The Morgan fingerprint density at radius 3 is 2.25 bits per heavy atom. The van der Waals surface area contributed by atoms with Crippen LogP contribution in [0.3, 0.4) is 0 Å². The summed E-state index contributed by atoms with van der Waals surface area (Å²) in [5.74, 6) is 0. The van der Waals surface area contributed by atoms with Gasteiger partial charge in [0.25, 0.3) is 0 Å². The van der Waals surface area contributed by atoms with Crippen LogP contribution in [-0.2, 0) is 20.1 Å². The van der Waals surface area contributed by atoms with Gasteiger partial charge in [-0.3, -0.25) is 4.98 Å². The summed E-state index contributed by atoms with van der Waals surface area (Å²) < 4.78 is 6.66. The molecule has 0 bridgehead atoms. The van der Waals surface area contributed by atoms with Gasteiger partial charge in [-0.15, -0.1) is 53.6 Å². The van der Waals surface area contributed by atoms with E-state index in [1.807, 2.05) is 48.9 Å². The van der Waals surface area contributed by atoms with Crippen molar-refractivity contribution >= 4 is 32.7 Å². The molecule has 48 heavy (non-hydrogen) atoms. The van der Waals surface area contributed by atoms with E-state index < -0.39 is 0 Å². The average Bonchev–Trinajstić information content (AvgIpc) is 3.49. The molecular formula is C43H35IrN3O-2. The number of hydrogen-bond acceptors (Lipinski definition) is 4. The number of hydrogen-bond donors (Lipinski definition) is 0. The summed E-state index contributed by atoms with van der Waals surface area (Å²) in [6, 6.07) is 33.5. The van der Waals surface area contributed by atoms with Crippen molar-refractivity contribution in [1.82, 2.24) is 15.0 Å². The zero-order valence-corrected chi connectivity index (χ0v) is 30.3. The van der Waals surface area contributed by atoms with Crippen LogP contribution >= 0.6 is 0 Å². The normalized spacial score (nSPS) is 11.0. The van der Waals surface area contributed by atoms with Crippen LogP contribution < -0.4 is 0 Å². The maximum Gasteiger partial charge on any atom is 0.129 e. The number of aromatic nitrogens is 3. The molecule has 0 saturated heterocycles. The van der Waals surface area contributed by atoms with Gasteiger partial charge in [-0.1, -0.05) is 59.8 Å². The summed E-state index contributed by atoms with van der Waals surface area (Å²) in [6.45, 7) is 12.7. The third kappa shape index (κ3) is 6.08. The molecule has 4 nitrogen and oxygen atoms in total. The number of nitrogens with zero attached hydrogens (tertiary/aromatic N) is 3. The summed E-state index contributed by atoms with van der Waals surface area (Å²) >= 11 is 0. The van der Waals surface area contributed by atoms with Crippen LogP contribution in [0.15, 0.2) is 108 Å². The van der Waals surface area contributed by atoms with Gasteiger partial charge in [0.05, 0.1) is 5.58 Å². The van der Waals surface area contributed by atoms with Crippen molar-refractivity contribution in [2.45, 2.75) is 41.5 Å². The van der Waals surface area contributed by atoms with Crippen LogP contribution in [0.2, 0.25) is 0 Å². The summed E-state index contributed by atoms with van der Waals surface area (Å²) in [4.78, 5) is 13.4. The Hall–Kier alpha value is -4.96. The number of benzene rings is 4. The molecule has 0 N–H and O–H groups in total. The molecule has 0 unspecified atom stereocenters. The van der Waals surface area contributed by atoms with Crippen molar-refractivity contribution in [3.05, 3.63) is 149 Å². The van der Waals surface area contributed by atoms with E-state index in [-0.39, 0.29) is 20.1 Å². The van der Waals surface area contributed by atoms with Crippen LogP contribution in [0.5, 0.6) is 0 Å². The minimum Gasteiger partial charge on any atom is -0.500 e. The van der Waals surface area contributed by atoms with Gasteiger partial charge < -0.3 is 14.4 Å². The Balaban J connectivity index is 0.000000212. The minimum atomic E-state index is 0. The third-order valence-corrected chi connectivity index (χ3v) is 9.06. The van der Waals surface area contributed by atoms with Crippen LogP contribution in [0.1, 0.15) is 33.4 Å². The predicted molar refractivity (Wildman–Crippen MR) is 193 cm³/mol. The largest absolute Gasteiger partial charge is 0.500 e. The Morgan fingerprint density at radius 2 is 1.50 bits per heavy atom. The standard InChI is InChI=1S/C29H21N2O.C14H14N.Ir/c1-17-10-11-23(27-19(3)18(2)15-20-12-14-30-16-24(20)27)29-26(17)22-8-6-7-21(28(22)32-29)25-9-4-5-13-31-25;1-10-4-6-13(7-5-10)14-8-11(2)12(3)9-15-14;/h4-6,8-16H,1-3H3;4-6,8-9H,1-3H3;/q2*-1;. The van der Waals surface area contributed by atoms with Gasteiger partial charge in [-0.25, -0.2) is 0 Å². The molecule has 4 aromatic carbocycles. The second-order valence-corrected chi connectivity index (χ2v) is 12.3. The molecule has 0 amide bonds. The Kier molecular flexibility index (Phi) is 9.37. The fourth-order valence-corrected chi connectivity index (χ4v) is 6.17. The van der Waals surface area contributed by atoms with Gasteiger partial charge >= 0.3 is 0 Å². The van der Waals surface area contributed by atoms with Gasteiger partial charge in [0.15, 0.2) is 0 Å². The van der Waals surface area contributed by atoms with Crippen molar-refractivity contribution in [2.75, 3.05) is 0 Å². The second-order valence-electron chi connectivity index (χ2n) is 12.3. The topological polar surface area (TPSA) is 51.8 Å². The van der Waals surface area contributed by atoms with Crippen LogP contribution in [0.25, 0.3) is 66.4 Å². The van der Waals surface area contributed by atoms with Gasteiger partial charge in [-0.05, 0) is 91.3 Å². The number of fused-ring (bicyclic) bond motifs is 4. The molecular weight excluding hydrogens is 767 g/mol. The average molecular weight is 802 g/mol. The smallest absolute Gasteiger partial charge is 0.129 e. The number of aryl methyl sites for hydroxylation is 5. The second kappa shape index (κ2) is 13.6. The van der Waals surface area contributed by atoms with E-state index in [9.17, 15) is 0 Å². The molecule has 0 aliphatic heterocycles. The number of furan rings is 1. The van der Waals surface area contributed by atoms with Gasteiger partial charge in [0.2, 0.25) is 0 Å². The first kappa shape index (κ1) is 33.0. The summed E-state index contributed by atoms with van der Waals surface area (Å²) in [7, 11) is 0. The zero-order chi connectivity index (χ0) is 32.7. The fraction of sp³-hybridized carbons (Fsp3) is 0.140. The summed E-state index contributed by atoms with van der Waals surface area (Å²) in [6.07, 6.45) is 7.52. The monoisotopic (exact) mass is 802 g/mol.